The van der Waals surface area contributed by atoms with Gasteiger partial charge in [0.05, 0.1) is 5.69 Å². The summed E-state index contributed by atoms with van der Waals surface area (Å²) >= 11 is 0. The Morgan fingerprint density at radius 2 is 2.00 bits per heavy atom. The predicted octanol–water partition coefficient (Wildman–Crippen LogP) is 2.09. The lowest BCUT2D eigenvalue weighted by atomic mass is 10.2. The second-order valence-corrected chi connectivity index (χ2v) is 8.13. The highest BCUT2D eigenvalue weighted by Gasteiger charge is 2.30. The fourth-order valence-corrected chi connectivity index (χ4v) is 3.97. The van der Waals surface area contributed by atoms with E-state index in [0.717, 1.165) is 18.6 Å². The van der Waals surface area contributed by atoms with Gasteiger partial charge in [0.25, 0.3) is 11.5 Å². The number of anilines is 1. The van der Waals surface area contributed by atoms with Crippen LogP contribution in [0.1, 0.15) is 36.5 Å². The molecule has 1 fully saturated rings. The first-order valence-corrected chi connectivity index (χ1v) is 10.1. The van der Waals surface area contributed by atoms with Crippen molar-refractivity contribution in [1.29, 1.82) is 0 Å². The van der Waals surface area contributed by atoms with Gasteiger partial charge in [0.2, 0.25) is 10.0 Å². The van der Waals surface area contributed by atoms with Crippen LogP contribution in [0.2, 0.25) is 0 Å². The number of rotatable bonds is 7. The first-order chi connectivity index (χ1) is 12.8. The quantitative estimate of drug-likeness (QED) is 0.753. The van der Waals surface area contributed by atoms with E-state index in [-0.39, 0.29) is 17.2 Å². The van der Waals surface area contributed by atoms with Crippen molar-refractivity contribution in [3.8, 4) is 0 Å². The molecule has 27 heavy (non-hydrogen) atoms. The van der Waals surface area contributed by atoms with Gasteiger partial charge in [-0.3, -0.25) is 9.59 Å². The van der Waals surface area contributed by atoms with E-state index in [1.807, 2.05) is 6.92 Å². The van der Waals surface area contributed by atoms with Gasteiger partial charge in [-0.25, -0.2) is 17.5 Å². The third-order valence-electron chi connectivity index (χ3n) is 4.09. The maximum absolute atomic E-state index is 14.0. The summed E-state index contributed by atoms with van der Waals surface area (Å²) in [5.74, 6) is -1.52. The smallest absolute Gasteiger partial charge is 0.255 e. The Morgan fingerprint density at radius 1 is 1.26 bits per heavy atom. The van der Waals surface area contributed by atoms with E-state index in [0.29, 0.717) is 25.1 Å². The lowest BCUT2D eigenvalue weighted by molar-refractivity contribution is 0.102. The van der Waals surface area contributed by atoms with Crippen LogP contribution < -0.4 is 15.6 Å². The van der Waals surface area contributed by atoms with Crippen LogP contribution in [-0.4, -0.2) is 24.9 Å². The number of carbonyl (C=O) groups is 1. The molecule has 1 aliphatic carbocycles. The van der Waals surface area contributed by atoms with Crippen LogP contribution in [0.25, 0.3) is 0 Å². The molecule has 0 saturated heterocycles. The molecule has 2 N–H and O–H groups in total. The molecular formula is C18H20FN3O4S. The van der Waals surface area contributed by atoms with E-state index in [4.69, 9.17) is 0 Å². The molecule has 0 radical (unpaired) electrons. The maximum Gasteiger partial charge on any atom is 0.255 e. The van der Waals surface area contributed by atoms with Gasteiger partial charge in [0.1, 0.15) is 10.7 Å². The molecule has 0 aliphatic heterocycles. The molecule has 1 amide bonds. The Morgan fingerprint density at radius 3 is 2.67 bits per heavy atom. The van der Waals surface area contributed by atoms with Gasteiger partial charge in [-0.05, 0) is 43.5 Å². The third kappa shape index (κ3) is 4.61. The van der Waals surface area contributed by atoms with Gasteiger partial charge in [-0.2, -0.15) is 0 Å². The van der Waals surface area contributed by atoms with Crippen molar-refractivity contribution in [2.75, 3.05) is 5.32 Å². The van der Waals surface area contributed by atoms with Crippen molar-refractivity contribution >= 4 is 21.6 Å². The van der Waals surface area contributed by atoms with Crippen LogP contribution in [-0.2, 0) is 16.6 Å². The van der Waals surface area contributed by atoms with Crippen LogP contribution in [0.5, 0.6) is 0 Å². The highest BCUT2D eigenvalue weighted by molar-refractivity contribution is 7.89. The highest BCUT2D eigenvalue weighted by Crippen LogP contribution is 2.24. The van der Waals surface area contributed by atoms with Gasteiger partial charge >= 0.3 is 0 Å². The zero-order valence-electron chi connectivity index (χ0n) is 14.7. The van der Waals surface area contributed by atoms with Crippen LogP contribution in [0.3, 0.4) is 0 Å². The Bertz CT molecular complexity index is 1030. The highest BCUT2D eigenvalue weighted by atomic mass is 32.2. The molecule has 0 atom stereocenters. The summed E-state index contributed by atoms with van der Waals surface area (Å²) in [6.07, 6.45) is 3.70. The molecule has 144 valence electrons. The Labute approximate surface area is 156 Å². The average molecular weight is 393 g/mol. The van der Waals surface area contributed by atoms with Crippen molar-refractivity contribution in [2.24, 2.45) is 0 Å². The second-order valence-electron chi connectivity index (χ2n) is 6.44. The number of benzene rings is 1. The van der Waals surface area contributed by atoms with Crippen molar-refractivity contribution in [3.05, 3.63) is 58.3 Å². The molecule has 3 rings (SSSR count). The minimum absolute atomic E-state index is 0.000753. The predicted molar refractivity (Wildman–Crippen MR) is 98.7 cm³/mol. The fourth-order valence-electron chi connectivity index (χ4n) is 2.56. The van der Waals surface area contributed by atoms with Gasteiger partial charge in [0, 0.05) is 30.4 Å². The monoisotopic (exact) mass is 393 g/mol. The number of aromatic nitrogens is 1. The number of halogens is 1. The molecule has 7 nitrogen and oxygen atoms in total. The summed E-state index contributed by atoms with van der Waals surface area (Å²) < 4.78 is 42.4. The Kier molecular flexibility index (Phi) is 5.43. The van der Waals surface area contributed by atoms with Crippen molar-refractivity contribution in [3.63, 3.8) is 0 Å². The van der Waals surface area contributed by atoms with E-state index in [1.165, 1.54) is 29.0 Å². The largest absolute Gasteiger partial charge is 0.321 e. The normalized spacial score (nSPS) is 14.1. The standard InChI is InChI=1S/C18H20FN3O4S/c1-2-9-22-11-14(6-8-17(22)23)20-18(24)12-3-7-15(19)16(10-12)27(25,26)21-13-4-5-13/h3,6-8,10-11,13,21H,2,4-5,9H2,1H3,(H,20,24). The summed E-state index contributed by atoms with van der Waals surface area (Å²) in [6.45, 7) is 2.43. The zero-order valence-corrected chi connectivity index (χ0v) is 15.6. The average Bonchev–Trinajstić information content (AvgIpc) is 3.41. The maximum atomic E-state index is 14.0. The van der Waals surface area contributed by atoms with Crippen LogP contribution in [0.4, 0.5) is 10.1 Å². The number of carbonyl (C=O) groups excluding carboxylic acids is 1. The SMILES string of the molecule is CCCn1cc(NC(=O)c2ccc(F)c(S(=O)(=O)NC3CC3)c2)ccc1=O. The lowest BCUT2D eigenvalue weighted by Gasteiger charge is -2.11. The summed E-state index contributed by atoms with van der Waals surface area (Å²) in [5.41, 5.74) is 0.204. The van der Waals surface area contributed by atoms with Crippen molar-refractivity contribution in [1.82, 2.24) is 9.29 Å². The third-order valence-corrected chi connectivity index (χ3v) is 5.62. The number of amides is 1. The summed E-state index contributed by atoms with van der Waals surface area (Å²) in [6, 6.07) is 5.80. The second kappa shape index (κ2) is 7.61. The minimum atomic E-state index is -4.03. The molecule has 1 aliphatic rings. The number of aryl methyl sites for hydroxylation is 1. The number of hydrogen-bond acceptors (Lipinski definition) is 4. The molecule has 0 unspecified atom stereocenters. The van der Waals surface area contributed by atoms with Crippen LogP contribution in [0, 0.1) is 5.82 Å². The molecule has 9 heteroatoms. The Hall–Kier alpha value is -2.52. The van der Waals surface area contributed by atoms with E-state index in [9.17, 15) is 22.4 Å². The molecule has 1 aromatic heterocycles. The first-order valence-electron chi connectivity index (χ1n) is 8.64. The summed E-state index contributed by atoms with van der Waals surface area (Å²) in [7, 11) is -4.03. The molecule has 1 saturated carbocycles. The molecule has 0 bridgehead atoms. The summed E-state index contributed by atoms with van der Waals surface area (Å²) in [4.78, 5) is 23.6. The van der Waals surface area contributed by atoms with Crippen LogP contribution in [0.15, 0.2) is 46.2 Å². The summed E-state index contributed by atoms with van der Waals surface area (Å²) in [5, 5.41) is 2.60. The van der Waals surface area contributed by atoms with Gasteiger partial charge < -0.3 is 9.88 Å². The van der Waals surface area contributed by atoms with E-state index in [2.05, 4.69) is 10.0 Å². The topological polar surface area (TPSA) is 97.3 Å². The molecule has 2 aromatic rings. The number of nitrogens with one attached hydrogen (secondary N) is 2. The van der Waals surface area contributed by atoms with E-state index < -0.39 is 26.6 Å². The number of pyridine rings is 1. The van der Waals surface area contributed by atoms with E-state index in [1.54, 1.807) is 0 Å². The zero-order chi connectivity index (χ0) is 19.6. The molecule has 0 spiro atoms. The molecule has 1 heterocycles. The molecule has 1 aromatic carbocycles. The number of sulfonamides is 1. The van der Waals surface area contributed by atoms with E-state index >= 15 is 0 Å². The minimum Gasteiger partial charge on any atom is -0.321 e. The van der Waals surface area contributed by atoms with Crippen molar-refractivity contribution < 1.29 is 17.6 Å². The van der Waals surface area contributed by atoms with Crippen LogP contribution >= 0.6 is 0 Å². The lowest BCUT2D eigenvalue weighted by Crippen LogP contribution is -2.27. The van der Waals surface area contributed by atoms with Crippen molar-refractivity contribution in [2.45, 2.75) is 43.7 Å². The fraction of sp³-hybridized carbons (Fsp3) is 0.333. The Balaban J connectivity index is 1.84. The first kappa shape index (κ1) is 19.2. The van der Waals surface area contributed by atoms with Gasteiger partial charge in [-0.1, -0.05) is 6.92 Å². The number of hydrogen-bond donors (Lipinski definition) is 2. The number of nitrogens with zero attached hydrogens (tertiary/aromatic N) is 1. The van der Waals surface area contributed by atoms with Gasteiger partial charge in [-0.15, -0.1) is 0 Å². The van der Waals surface area contributed by atoms with Gasteiger partial charge in [0.15, 0.2) is 0 Å². The molecular weight excluding hydrogens is 373 g/mol.